The predicted molar refractivity (Wildman–Crippen MR) is 66.2 cm³/mol. The quantitative estimate of drug-likeness (QED) is 0.546. The fourth-order valence-electron chi connectivity index (χ4n) is 2.70. The molecule has 3 nitrogen and oxygen atoms in total. The Balaban J connectivity index is 2.02. The Kier molecular flexibility index (Phi) is 2.32. The van der Waals surface area contributed by atoms with Crippen LogP contribution in [-0.2, 0) is 6.42 Å². The van der Waals surface area contributed by atoms with Crippen LogP contribution >= 0.6 is 0 Å². The third kappa shape index (κ3) is 1.68. The molecule has 0 saturated heterocycles. The first-order valence-electron chi connectivity index (χ1n) is 5.87. The van der Waals surface area contributed by atoms with Crippen molar-refractivity contribution in [2.75, 3.05) is 0 Å². The van der Waals surface area contributed by atoms with Gasteiger partial charge in [-0.25, -0.2) is 0 Å². The first kappa shape index (κ1) is 10.3. The number of nitro groups is 1. The minimum Gasteiger partial charge on any atom is -0.264 e. The molecule has 0 N–H and O–H groups in total. The van der Waals surface area contributed by atoms with Crippen molar-refractivity contribution in [3.05, 3.63) is 63.2 Å². The van der Waals surface area contributed by atoms with Crippen LogP contribution in [0, 0.1) is 10.1 Å². The zero-order chi connectivity index (χ0) is 11.8. The van der Waals surface area contributed by atoms with E-state index in [1.165, 1.54) is 22.3 Å². The van der Waals surface area contributed by atoms with E-state index in [-0.39, 0.29) is 4.92 Å². The number of rotatable bonds is 1. The van der Waals surface area contributed by atoms with Gasteiger partial charge in [0.2, 0.25) is 6.04 Å². The summed E-state index contributed by atoms with van der Waals surface area (Å²) in [6.07, 6.45) is 6.20. The normalized spacial score (nSPS) is 22.0. The van der Waals surface area contributed by atoms with Crippen molar-refractivity contribution in [3.8, 4) is 0 Å². The highest BCUT2D eigenvalue weighted by molar-refractivity contribution is 5.81. The molecule has 1 atom stereocenters. The van der Waals surface area contributed by atoms with Crippen LogP contribution in [0.4, 0.5) is 0 Å². The maximum Gasteiger partial charge on any atom is 0.235 e. The average molecular weight is 227 g/mol. The molecular formula is C14H13NO2. The lowest BCUT2D eigenvalue weighted by molar-refractivity contribution is -0.508. The van der Waals surface area contributed by atoms with Crippen molar-refractivity contribution in [2.24, 2.45) is 0 Å². The molecule has 0 heterocycles. The molecule has 0 aromatic heterocycles. The second kappa shape index (κ2) is 3.84. The van der Waals surface area contributed by atoms with Gasteiger partial charge in [-0.1, -0.05) is 35.9 Å². The molecule has 2 aliphatic rings. The van der Waals surface area contributed by atoms with Gasteiger partial charge in [-0.05, 0) is 35.6 Å². The molecule has 0 fully saturated rings. The van der Waals surface area contributed by atoms with E-state index in [1.807, 2.05) is 12.1 Å². The lowest BCUT2D eigenvalue weighted by atomic mass is 9.80. The van der Waals surface area contributed by atoms with E-state index >= 15 is 0 Å². The SMILES string of the molecule is O=[N+]([O-])C1C=CC2=C(CCc3ccccc32)C1. The molecule has 0 saturated carbocycles. The Labute approximate surface area is 99.6 Å². The smallest absolute Gasteiger partial charge is 0.235 e. The lowest BCUT2D eigenvalue weighted by Crippen LogP contribution is -2.21. The van der Waals surface area contributed by atoms with E-state index in [2.05, 4.69) is 18.2 Å². The van der Waals surface area contributed by atoms with Crippen LogP contribution in [0.1, 0.15) is 24.0 Å². The van der Waals surface area contributed by atoms with Gasteiger partial charge in [0.25, 0.3) is 0 Å². The van der Waals surface area contributed by atoms with Gasteiger partial charge in [0, 0.05) is 11.3 Å². The first-order valence-corrected chi connectivity index (χ1v) is 5.87. The number of hydrogen-bond acceptors (Lipinski definition) is 2. The summed E-state index contributed by atoms with van der Waals surface area (Å²) in [6.45, 7) is 0. The fourth-order valence-corrected chi connectivity index (χ4v) is 2.70. The Morgan fingerprint density at radius 1 is 1.24 bits per heavy atom. The monoisotopic (exact) mass is 227 g/mol. The van der Waals surface area contributed by atoms with Crippen LogP contribution in [-0.4, -0.2) is 11.0 Å². The number of fused-ring (bicyclic) bond motifs is 2. The van der Waals surface area contributed by atoms with Crippen LogP contribution in [0.2, 0.25) is 0 Å². The zero-order valence-electron chi connectivity index (χ0n) is 9.43. The summed E-state index contributed by atoms with van der Waals surface area (Å²) in [6, 6.07) is 7.81. The Hall–Kier alpha value is -1.90. The van der Waals surface area contributed by atoms with E-state index in [0.717, 1.165) is 12.8 Å². The number of benzene rings is 1. The summed E-state index contributed by atoms with van der Waals surface area (Å²) in [7, 11) is 0. The topological polar surface area (TPSA) is 43.1 Å². The van der Waals surface area contributed by atoms with Gasteiger partial charge in [0.15, 0.2) is 0 Å². The summed E-state index contributed by atoms with van der Waals surface area (Å²) in [5.41, 5.74) is 5.07. The van der Waals surface area contributed by atoms with Crippen LogP contribution in [0.5, 0.6) is 0 Å². The van der Waals surface area contributed by atoms with Gasteiger partial charge in [-0.2, -0.15) is 0 Å². The minimum absolute atomic E-state index is 0.194. The van der Waals surface area contributed by atoms with Gasteiger partial charge in [-0.15, -0.1) is 0 Å². The van der Waals surface area contributed by atoms with Crippen molar-refractivity contribution in [1.29, 1.82) is 0 Å². The average Bonchev–Trinajstić information content (AvgIpc) is 2.38. The van der Waals surface area contributed by atoms with E-state index in [0.29, 0.717) is 6.42 Å². The van der Waals surface area contributed by atoms with Crippen molar-refractivity contribution >= 4 is 5.57 Å². The van der Waals surface area contributed by atoms with Gasteiger partial charge in [0.05, 0.1) is 0 Å². The lowest BCUT2D eigenvalue weighted by Gasteiger charge is -2.24. The summed E-state index contributed by atoms with van der Waals surface area (Å²) >= 11 is 0. The molecule has 1 aromatic carbocycles. The molecule has 0 amide bonds. The molecule has 2 aliphatic carbocycles. The van der Waals surface area contributed by atoms with Gasteiger partial charge < -0.3 is 0 Å². The molecule has 0 bridgehead atoms. The highest BCUT2D eigenvalue weighted by Crippen LogP contribution is 2.37. The van der Waals surface area contributed by atoms with Crippen molar-refractivity contribution in [1.82, 2.24) is 0 Å². The molecule has 0 radical (unpaired) electrons. The molecular weight excluding hydrogens is 214 g/mol. The summed E-state index contributed by atoms with van der Waals surface area (Å²) in [5.74, 6) is 0. The fraction of sp³-hybridized carbons (Fsp3) is 0.286. The zero-order valence-corrected chi connectivity index (χ0v) is 9.43. The molecule has 1 aromatic rings. The Bertz CT molecular complexity index is 543. The van der Waals surface area contributed by atoms with Crippen LogP contribution in [0.15, 0.2) is 42.0 Å². The predicted octanol–water partition coefficient (Wildman–Crippen LogP) is 2.99. The van der Waals surface area contributed by atoms with Crippen LogP contribution < -0.4 is 0 Å². The van der Waals surface area contributed by atoms with E-state index < -0.39 is 6.04 Å². The standard InChI is InChI=1S/C14H13NO2/c16-15(17)12-7-8-14-11(9-12)6-5-10-3-1-2-4-13(10)14/h1-4,7-8,12H,5-6,9H2. The Morgan fingerprint density at radius 2 is 2.06 bits per heavy atom. The molecule has 0 spiro atoms. The van der Waals surface area contributed by atoms with Crippen molar-refractivity contribution in [2.45, 2.75) is 25.3 Å². The summed E-state index contributed by atoms with van der Waals surface area (Å²) < 4.78 is 0. The summed E-state index contributed by atoms with van der Waals surface area (Å²) in [5, 5.41) is 10.8. The Morgan fingerprint density at radius 3 is 2.88 bits per heavy atom. The molecule has 3 rings (SSSR count). The van der Waals surface area contributed by atoms with Crippen molar-refractivity contribution in [3.63, 3.8) is 0 Å². The molecule has 17 heavy (non-hydrogen) atoms. The van der Waals surface area contributed by atoms with Gasteiger partial charge in [-0.3, -0.25) is 10.1 Å². The van der Waals surface area contributed by atoms with E-state index in [9.17, 15) is 10.1 Å². The van der Waals surface area contributed by atoms with Gasteiger partial charge in [0.1, 0.15) is 0 Å². The molecule has 86 valence electrons. The van der Waals surface area contributed by atoms with E-state index in [4.69, 9.17) is 0 Å². The third-order valence-corrected chi connectivity index (χ3v) is 3.60. The minimum atomic E-state index is -0.529. The molecule has 1 unspecified atom stereocenters. The summed E-state index contributed by atoms with van der Waals surface area (Å²) in [4.78, 5) is 10.6. The molecule has 3 heteroatoms. The second-order valence-electron chi connectivity index (χ2n) is 4.59. The second-order valence-corrected chi connectivity index (χ2v) is 4.59. The maximum atomic E-state index is 10.8. The highest BCUT2D eigenvalue weighted by atomic mass is 16.6. The molecule has 0 aliphatic heterocycles. The number of hydrogen-bond donors (Lipinski definition) is 0. The van der Waals surface area contributed by atoms with Crippen molar-refractivity contribution < 1.29 is 4.92 Å². The third-order valence-electron chi connectivity index (χ3n) is 3.60. The largest absolute Gasteiger partial charge is 0.264 e. The van der Waals surface area contributed by atoms with Gasteiger partial charge >= 0.3 is 0 Å². The first-order chi connectivity index (χ1) is 8.25. The number of nitrogens with zero attached hydrogens (tertiary/aromatic N) is 1. The maximum absolute atomic E-state index is 10.8. The van der Waals surface area contributed by atoms with Crippen LogP contribution in [0.3, 0.4) is 0 Å². The van der Waals surface area contributed by atoms with E-state index in [1.54, 1.807) is 6.08 Å². The number of aryl methyl sites for hydroxylation is 1. The van der Waals surface area contributed by atoms with Crippen LogP contribution in [0.25, 0.3) is 5.57 Å². The number of allylic oxidation sites excluding steroid dienone is 2. The highest BCUT2D eigenvalue weighted by Gasteiger charge is 2.27.